The highest BCUT2D eigenvalue weighted by molar-refractivity contribution is 5.78. The Bertz CT molecular complexity index is 781. The highest BCUT2D eigenvalue weighted by atomic mass is 16.6. The number of pyridine rings is 1. The number of nitrogens with one attached hydrogen (secondary N) is 1. The van der Waals surface area contributed by atoms with Gasteiger partial charge in [-0.15, -0.1) is 0 Å². The second-order valence-corrected chi connectivity index (χ2v) is 5.97. The van der Waals surface area contributed by atoms with E-state index >= 15 is 0 Å². The number of rotatable bonds is 5. The van der Waals surface area contributed by atoms with Crippen LogP contribution in [0, 0.1) is 10.1 Å². The molecule has 1 aromatic heterocycles. The smallest absolute Gasteiger partial charge is 0.323 e. The van der Waals surface area contributed by atoms with Crippen LogP contribution in [-0.4, -0.2) is 42.2 Å². The van der Waals surface area contributed by atoms with Crippen molar-refractivity contribution in [1.82, 2.24) is 10.3 Å². The lowest BCUT2D eigenvalue weighted by molar-refractivity contribution is -0.527. The van der Waals surface area contributed by atoms with Gasteiger partial charge in [-0.25, -0.2) is 0 Å². The molecule has 2 aromatic rings. The highest BCUT2D eigenvalue weighted by Gasteiger charge is 2.55. The minimum Gasteiger partial charge on any atom is -0.497 e. The van der Waals surface area contributed by atoms with Crippen LogP contribution in [0.4, 0.5) is 0 Å². The van der Waals surface area contributed by atoms with Gasteiger partial charge in [0.15, 0.2) is 0 Å². The monoisotopic (exact) mass is 357 g/mol. The van der Waals surface area contributed by atoms with E-state index in [0.717, 1.165) is 0 Å². The first-order valence-corrected chi connectivity index (χ1v) is 8.09. The average Bonchev–Trinajstić information content (AvgIpc) is 3.09. The lowest BCUT2D eigenvalue weighted by Gasteiger charge is -2.19. The van der Waals surface area contributed by atoms with Gasteiger partial charge in [0.1, 0.15) is 17.8 Å². The van der Waals surface area contributed by atoms with Gasteiger partial charge in [-0.2, -0.15) is 0 Å². The van der Waals surface area contributed by atoms with Crippen LogP contribution >= 0.6 is 0 Å². The number of benzene rings is 1. The van der Waals surface area contributed by atoms with E-state index < -0.39 is 30.0 Å². The minimum atomic E-state index is -1.07. The number of nitro groups is 1. The van der Waals surface area contributed by atoms with Gasteiger partial charge in [0.2, 0.25) is 6.04 Å². The summed E-state index contributed by atoms with van der Waals surface area (Å²) in [6.45, 7) is 0. The van der Waals surface area contributed by atoms with E-state index in [2.05, 4.69) is 10.3 Å². The van der Waals surface area contributed by atoms with Gasteiger partial charge >= 0.3 is 5.97 Å². The molecule has 0 aliphatic carbocycles. The van der Waals surface area contributed by atoms with Gasteiger partial charge in [0, 0.05) is 11.1 Å². The quantitative estimate of drug-likeness (QED) is 0.493. The number of hydrogen-bond acceptors (Lipinski definition) is 7. The summed E-state index contributed by atoms with van der Waals surface area (Å²) < 4.78 is 10.0. The number of carbonyl (C=O) groups is 1. The standard InChI is InChI=1S/C18H19N3O5/c1-25-12-8-6-11(7-9-12)14-16(18(22)26-2)20-15(17(14)21(23)24)13-5-3-4-10-19-13/h3-10,14-17,20H,1-2H3. The van der Waals surface area contributed by atoms with Gasteiger partial charge in [-0.3, -0.25) is 25.2 Å². The maximum Gasteiger partial charge on any atom is 0.323 e. The van der Waals surface area contributed by atoms with Crippen molar-refractivity contribution in [2.24, 2.45) is 0 Å². The maximum atomic E-state index is 12.3. The second kappa shape index (κ2) is 7.49. The summed E-state index contributed by atoms with van der Waals surface area (Å²) in [5.74, 6) is -0.611. The van der Waals surface area contributed by atoms with Crippen molar-refractivity contribution >= 4 is 5.97 Å². The molecule has 1 N–H and O–H groups in total. The van der Waals surface area contributed by atoms with E-state index in [1.807, 2.05) is 0 Å². The van der Waals surface area contributed by atoms with Crippen LogP contribution in [0.5, 0.6) is 5.75 Å². The molecule has 0 saturated carbocycles. The first-order chi connectivity index (χ1) is 12.6. The lowest BCUT2D eigenvalue weighted by Crippen LogP contribution is -2.37. The van der Waals surface area contributed by atoms with Crippen molar-refractivity contribution < 1.29 is 19.2 Å². The maximum absolute atomic E-state index is 12.3. The lowest BCUT2D eigenvalue weighted by atomic mass is 9.86. The molecule has 0 radical (unpaired) electrons. The molecule has 4 unspecified atom stereocenters. The molecule has 0 bridgehead atoms. The molecule has 1 aliphatic rings. The Labute approximate surface area is 150 Å². The Kier molecular flexibility index (Phi) is 5.13. The van der Waals surface area contributed by atoms with Crippen molar-refractivity contribution in [3.63, 3.8) is 0 Å². The van der Waals surface area contributed by atoms with Gasteiger partial charge in [-0.1, -0.05) is 18.2 Å². The molecule has 26 heavy (non-hydrogen) atoms. The average molecular weight is 357 g/mol. The van der Waals surface area contributed by atoms with Gasteiger partial charge < -0.3 is 9.47 Å². The van der Waals surface area contributed by atoms with E-state index in [0.29, 0.717) is 17.0 Å². The van der Waals surface area contributed by atoms with E-state index in [4.69, 9.17) is 9.47 Å². The van der Waals surface area contributed by atoms with E-state index in [-0.39, 0.29) is 4.92 Å². The third kappa shape index (κ3) is 3.23. The van der Waals surface area contributed by atoms with E-state index in [9.17, 15) is 14.9 Å². The highest BCUT2D eigenvalue weighted by Crippen LogP contribution is 2.40. The van der Waals surface area contributed by atoms with Crippen LogP contribution < -0.4 is 10.1 Å². The number of ether oxygens (including phenoxy) is 2. The predicted octanol–water partition coefficient (Wildman–Crippen LogP) is 1.71. The SMILES string of the molecule is COC(=O)C1NC(c2ccccn2)C([N+](=O)[O-])C1c1ccc(OC)cc1. The zero-order chi connectivity index (χ0) is 18.7. The molecule has 1 aromatic carbocycles. The summed E-state index contributed by atoms with van der Waals surface area (Å²) in [5.41, 5.74) is 1.17. The van der Waals surface area contributed by atoms with Crippen molar-refractivity contribution in [3.05, 3.63) is 70.0 Å². The molecule has 1 saturated heterocycles. The minimum absolute atomic E-state index is 0.357. The van der Waals surface area contributed by atoms with Crippen LogP contribution in [-0.2, 0) is 9.53 Å². The van der Waals surface area contributed by atoms with Crippen LogP contribution in [0.1, 0.15) is 23.2 Å². The van der Waals surface area contributed by atoms with Crippen LogP contribution in [0.3, 0.4) is 0 Å². The van der Waals surface area contributed by atoms with E-state index in [1.165, 1.54) is 7.11 Å². The van der Waals surface area contributed by atoms with Gasteiger partial charge in [0.05, 0.1) is 25.8 Å². The van der Waals surface area contributed by atoms with Crippen molar-refractivity contribution in [1.29, 1.82) is 0 Å². The Morgan fingerprint density at radius 2 is 1.92 bits per heavy atom. The molecule has 2 heterocycles. The number of nitrogens with zero attached hydrogens (tertiary/aromatic N) is 2. The molecule has 136 valence electrons. The van der Waals surface area contributed by atoms with Crippen molar-refractivity contribution in [2.75, 3.05) is 14.2 Å². The second-order valence-electron chi connectivity index (χ2n) is 5.97. The van der Waals surface area contributed by atoms with Gasteiger partial charge in [0.25, 0.3) is 0 Å². The molecule has 8 nitrogen and oxygen atoms in total. The number of hydrogen-bond donors (Lipinski definition) is 1. The molecule has 3 rings (SSSR count). The summed E-state index contributed by atoms with van der Waals surface area (Å²) >= 11 is 0. The largest absolute Gasteiger partial charge is 0.497 e. The predicted molar refractivity (Wildman–Crippen MR) is 92.4 cm³/mol. The van der Waals surface area contributed by atoms with Gasteiger partial charge in [-0.05, 0) is 29.8 Å². The summed E-state index contributed by atoms with van der Waals surface area (Å²) in [7, 11) is 2.81. The topological polar surface area (TPSA) is 104 Å². The van der Waals surface area contributed by atoms with Crippen molar-refractivity contribution in [2.45, 2.75) is 24.0 Å². The first kappa shape index (κ1) is 17.8. The normalized spacial score (nSPS) is 24.8. The fourth-order valence-corrected chi connectivity index (χ4v) is 3.43. The fraction of sp³-hybridized carbons (Fsp3) is 0.333. The van der Waals surface area contributed by atoms with Crippen LogP contribution in [0.25, 0.3) is 0 Å². The fourth-order valence-electron chi connectivity index (χ4n) is 3.43. The zero-order valence-corrected chi connectivity index (χ0v) is 14.4. The molecular weight excluding hydrogens is 338 g/mol. The molecular formula is C18H19N3O5. The van der Waals surface area contributed by atoms with E-state index in [1.54, 1.807) is 55.8 Å². The number of carbonyl (C=O) groups excluding carboxylic acids is 1. The summed E-state index contributed by atoms with van der Waals surface area (Å²) in [5, 5.41) is 15.0. The third-order valence-corrected chi connectivity index (χ3v) is 4.63. The first-order valence-electron chi connectivity index (χ1n) is 8.09. The molecule has 0 spiro atoms. The molecule has 4 atom stereocenters. The summed E-state index contributed by atoms with van der Waals surface area (Å²) in [6, 6.07) is 9.48. The molecule has 0 amide bonds. The zero-order valence-electron chi connectivity index (χ0n) is 14.4. The van der Waals surface area contributed by atoms with Crippen LogP contribution in [0.15, 0.2) is 48.7 Å². The third-order valence-electron chi connectivity index (χ3n) is 4.63. The Balaban J connectivity index is 2.06. The number of methoxy groups -OCH3 is 2. The Hall–Kier alpha value is -3.00. The Morgan fingerprint density at radius 3 is 2.46 bits per heavy atom. The summed E-state index contributed by atoms with van der Waals surface area (Å²) in [4.78, 5) is 28.1. The summed E-state index contributed by atoms with van der Waals surface area (Å²) in [6.07, 6.45) is 1.57. The van der Waals surface area contributed by atoms with Crippen molar-refractivity contribution in [3.8, 4) is 5.75 Å². The Morgan fingerprint density at radius 1 is 1.19 bits per heavy atom. The number of aromatic nitrogens is 1. The molecule has 1 fully saturated rings. The molecule has 1 aliphatic heterocycles. The number of esters is 1. The van der Waals surface area contributed by atoms with Crippen LogP contribution in [0.2, 0.25) is 0 Å². The molecule has 8 heteroatoms.